The molecule has 0 aliphatic carbocycles. The number of carbonyl (C=O) groups is 1. The third-order valence-corrected chi connectivity index (χ3v) is 12.0. The number of benzene rings is 6. The van der Waals surface area contributed by atoms with Crippen molar-refractivity contribution >= 4 is 37.3 Å². The smallest absolute Gasteiger partial charge is 0.241 e. The fourth-order valence-corrected chi connectivity index (χ4v) is 8.43. The number of Topliss-reactive ketones (excluding diaryl/α,β-unsaturated/α-hetero) is 1. The van der Waals surface area contributed by atoms with Crippen molar-refractivity contribution in [2.24, 2.45) is 5.92 Å². The minimum atomic E-state index is -4.05. The predicted molar refractivity (Wildman–Crippen MR) is 228 cm³/mol. The highest BCUT2D eigenvalue weighted by Gasteiger charge is 2.41. The molecule has 2 atom stereocenters. The van der Waals surface area contributed by atoms with Gasteiger partial charge in [-0.05, 0) is 97.8 Å². The Bertz CT molecular complexity index is 2340. The zero-order valence-corrected chi connectivity index (χ0v) is 33.9. The maximum Gasteiger partial charge on any atom is 0.241 e. The van der Waals surface area contributed by atoms with Crippen molar-refractivity contribution in [3.8, 4) is 11.8 Å². The molecular formula is C49H44BrNO3S. The van der Waals surface area contributed by atoms with E-state index in [1.807, 2.05) is 97.9 Å². The van der Waals surface area contributed by atoms with E-state index in [0.29, 0.717) is 5.56 Å². The third kappa shape index (κ3) is 9.50. The highest BCUT2D eigenvalue weighted by Crippen LogP contribution is 2.42. The van der Waals surface area contributed by atoms with E-state index in [-0.39, 0.29) is 17.1 Å². The van der Waals surface area contributed by atoms with Crippen LogP contribution in [0.1, 0.15) is 63.9 Å². The molecule has 6 heteroatoms. The summed E-state index contributed by atoms with van der Waals surface area (Å²) in [6.07, 6.45) is 2.16. The standard InChI is InChI=1S/C49H44BrNO3S/c1-35-17-23-39(24-18-35)46(40-25-19-36(2)20-26-40)16-11-33-49(42-12-7-5-8-13-42,43-14-9-6-10-15-43)34-47(38(4)52)48(41-27-29-44(50)30-28-41)51-55(53,54)45-31-21-37(3)22-32-45/h5-10,12-32,47-48,51H,34H2,1-4H3/t47-,48-/m1/s1. The summed E-state index contributed by atoms with van der Waals surface area (Å²) in [5.74, 6) is 6.20. The molecule has 6 aromatic rings. The monoisotopic (exact) mass is 805 g/mol. The number of aryl methyl sites for hydroxylation is 3. The highest BCUT2D eigenvalue weighted by atomic mass is 79.9. The SMILES string of the molecule is CC(=O)[C@@H](CC(C#CC=C(c1ccc(C)cc1)c1ccc(C)cc1)(c1ccccc1)c1ccccc1)[C@H](NS(=O)(=O)c1ccc(C)cc1)c1ccc(Br)cc1. The Morgan fingerprint density at radius 2 is 1.13 bits per heavy atom. The second-order valence-corrected chi connectivity index (χ2v) is 16.7. The molecule has 0 bridgehead atoms. The van der Waals surface area contributed by atoms with E-state index in [9.17, 15) is 13.2 Å². The fourth-order valence-electron chi connectivity index (χ4n) is 6.91. The van der Waals surface area contributed by atoms with Crippen molar-refractivity contribution in [3.63, 3.8) is 0 Å². The average Bonchev–Trinajstić information content (AvgIpc) is 3.19. The lowest BCUT2D eigenvalue weighted by molar-refractivity contribution is -0.122. The molecule has 0 unspecified atom stereocenters. The maximum absolute atomic E-state index is 14.1. The zero-order chi connectivity index (χ0) is 39.0. The van der Waals surface area contributed by atoms with Gasteiger partial charge in [0.15, 0.2) is 0 Å². The summed E-state index contributed by atoms with van der Waals surface area (Å²) in [6.45, 7) is 7.59. The van der Waals surface area contributed by atoms with Gasteiger partial charge in [-0.25, -0.2) is 13.1 Å². The van der Waals surface area contributed by atoms with E-state index in [2.05, 4.69) is 94.9 Å². The molecule has 0 spiro atoms. The summed E-state index contributed by atoms with van der Waals surface area (Å²) in [7, 11) is -4.05. The van der Waals surface area contributed by atoms with Crippen LogP contribution in [0.15, 0.2) is 173 Å². The number of allylic oxidation sites excluding steroid dienone is 1. The van der Waals surface area contributed by atoms with Gasteiger partial charge in [0, 0.05) is 10.4 Å². The molecule has 55 heavy (non-hydrogen) atoms. The lowest BCUT2D eigenvalue weighted by Gasteiger charge is -2.36. The first kappa shape index (κ1) is 39.4. The quantitative estimate of drug-likeness (QED) is 0.125. The Kier molecular flexibility index (Phi) is 12.5. The maximum atomic E-state index is 14.1. The van der Waals surface area contributed by atoms with E-state index in [1.54, 1.807) is 24.3 Å². The highest BCUT2D eigenvalue weighted by molar-refractivity contribution is 9.10. The van der Waals surface area contributed by atoms with Crippen LogP contribution in [-0.4, -0.2) is 14.2 Å². The second kappa shape index (κ2) is 17.4. The van der Waals surface area contributed by atoms with Crippen LogP contribution in [0, 0.1) is 38.5 Å². The first-order valence-corrected chi connectivity index (χ1v) is 20.6. The van der Waals surface area contributed by atoms with Gasteiger partial charge in [0.05, 0.1) is 16.4 Å². The van der Waals surface area contributed by atoms with Gasteiger partial charge < -0.3 is 0 Å². The van der Waals surface area contributed by atoms with Crippen LogP contribution in [0.25, 0.3) is 5.57 Å². The second-order valence-electron chi connectivity index (χ2n) is 14.1. The Balaban J connectivity index is 1.56. The predicted octanol–water partition coefficient (Wildman–Crippen LogP) is 11.1. The molecule has 6 rings (SSSR count). The van der Waals surface area contributed by atoms with Gasteiger partial charge in [0.1, 0.15) is 5.78 Å². The number of rotatable bonds is 12. The van der Waals surface area contributed by atoms with Crippen LogP contribution < -0.4 is 4.72 Å². The molecule has 4 nitrogen and oxygen atoms in total. The van der Waals surface area contributed by atoms with Gasteiger partial charge in [-0.15, -0.1) is 0 Å². The minimum absolute atomic E-state index is 0.129. The van der Waals surface area contributed by atoms with Crippen molar-refractivity contribution in [2.45, 2.75) is 50.5 Å². The van der Waals surface area contributed by atoms with Crippen molar-refractivity contribution in [1.82, 2.24) is 4.72 Å². The minimum Gasteiger partial charge on any atom is -0.300 e. The molecule has 0 saturated heterocycles. The fraction of sp³-hybridized carbons (Fsp3) is 0.163. The van der Waals surface area contributed by atoms with Crippen LogP contribution in [0.2, 0.25) is 0 Å². The van der Waals surface area contributed by atoms with Gasteiger partial charge in [-0.1, -0.05) is 178 Å². The van der Waals surface area contributed by atoms with Crippen LogP contribution in [-0.2, 0) is 20.2 Å². The van der Waals surface area contributed by atoms with Gasteiger partial charge >= 0.3 is 0 Å². The van der Waals surface area contributed by atoms with Gasteiger partial charge in [0.25, 0.3) is 0 Å². The number of hydrogen-bond acceptors (Lipinski definition) is 3. The van der Waals surface area contributed by atoms with Crippen molar-refractivity contribution < 1.29 is 13.2 Å². The molecule has 0 heterocycles. The summed E-state index contributed by atoms with van der Waals surface area (Å²) in [4.78, 5) is 14.3. The Morgan fingerprint density at radius 3 is 1.58 bits per heavy atom. The molecular weight excluding hydrogens is 763 g/mol. The Morgan fingerprint density at radius 1 is 0.673 bits per heavy atom. The summed E-state index contributed by atoms with van der Waals surface area (Å²) >= 11 is 3.53. The lowest BCUT2D eigenvalue weighted by atomic mass is 9.67. The number of ketones is 1. The molecule has 0 fully saturated rings. The van der Waals surface area contributed by atoms with Crippen LogP contribution in [0.5, 0.6) is 0 Å². The summed E-state index contributed by atoms with van der Waals surface area (Å²) in [6, 6.07) is 50.1. The summed E-state index contributed by atoms with van der Waals surface area (Å²) < 4.78 is 32.1. The summed E-state index contributed by atoms with van der Waals surface area (Å²) in [5.41, 5.74) is 7.77. The zero-order valence-electron chi connectivity index (χ0n) is 31.5. The van der Waals surface area contributed by atoms with Gasteiger partial charge in [0.2, 0.25) is 10.0 Å². The Hall–Kier alpha value is -5.32. The molecule has 0 amide bonds. The average molecular weight is 807 g/mol. The largest absolute Gasteiger partial charge is 0.300 e. The number of nitrogens with one attached hydrogen (secondary N) is 1. The normalized spacial score (nSPS) is 12.5. The van der Waals surface area contributed by atoms with Crippen molar-refractivity contribution in [1.29, 1.82) is 0 Å². The first-order valence-electron chi connectivity index (χ1n) is 18.3. The van der Waals surface area contributed by atoms with Crippen LogP contribution in [0.3, 0.4) is 0 Å². The van der Waals surface area contributed by atoms with Crippen molar-refractivity contribution in [2.75, 3.05) is 0 Å². The molecule has 0 aliphatic heterocycles. The van der Waals surface area contributed by atoms with Gasteiger partial charge in [-0.2, -0.15) is 0 Å². The van der Waals surface area contributed by atoms with E-state index in [4.69, 9.17) is 0 Å². The van der Waals surface area contributed by atoms with E-state index < -0.39 is 27.4 Å². The van der Waals surface area contributed by atoms with Crippen LogP contribution >= 0.6 is 15.9 Å². The number of sulfonamides is 1. The number of hydrogen-bond donors (Lipinski definition) is 1. The summed E-state index contributed by atoms with van der Waals surface area (Å²) in [5, 5.41) is 0. The molecule has 276 valence electrons. The Labute approximate surface area is 334 Å². The van der Waals surface area contributed by atoms with E-state index >= 15 is 0 Å². The molecule has 1 N–H and O–H groups in total. The molecule has 0 saturated carbocycles. The van der Waals surface area contributed by atoms with E-state index in [0.717, 1.165) is 37.9 Å². The number of halogens is 1. The molecule has 0 radical (unpaired) electrons. The van der Waals surface area contributed by atoms with Gasteiger partial charge in [-0.3, -0.25) is 4.79 Å². The molecule has 6 aromatic carbocycles. The molecule has 0 aromatic heterocycles. The first-order chi connectivity index (χ1) is 26.4. The third-order valence-electron chi connectivity index (χ3n) is 10.1. The topological polar surface area (TPSA) is 63.2 Å². The molecule has 0 aliphatic rings. The van der Waals surface area contributed by atoms with E-state index in [1.165, 1.54) is 18.1 Å². The number of carbonyl (C=O) groups excluding carboxylic acids is 1. The lowest BCUT2D eigenvalue weighted by Crippen LogP contribution is -2.40. The van der Waals surface area contributed by atoms with Crippen LogP contribution in [0.4, 0.5) is 0 Å². The van der Waals surface area contributed by atoms with Crippen molar-refractivity contribution in [3.05, 3.63) is 213 Å².